The van der Waals surface area contributed by atoms with Gasteiger partial charge >= 0.3 is 5.97 Å². The van der Waals surface area contributed by atoms with Crippen LogP contribution in [-0.2, 0) is 9.59 Å². The monoisotopic (exact) mass is 458 g/mol. The van der Waals surface area contributed by atoms with Gasteiger partial charge in [-0.2, -0.15) is 0 Å². The molecule has 0 aliphatic heterocycles. The Hall–Kier alpha value is -2.93. The molecule has 7 heteroatoms. The Labute approximate surface area is 178 Å². The van der Waals surface area contributed by atoms with Crippen LogP contribution in [-0.4, -0.2) is 28.9 Å². The van der Waals surface area contributed by atoms with Crippen molar-refractivity contribution in [2.75, 3.05) is 0 Å². The number of rotatable bonds is 8. The second kappa shape index (κ2) is 10.6. The van der Waals surface area contributed by atoms with Crippen LogP contribution in [0.25, 0.3) is 6.08 Å². The van der Waals surface area contributed by atoms with Gasteiger partial charge in [0.25, 0.3) is 11.8 Å². The first kappa shape index (κ1) is 22.4. The van der Waals surface area contributed by atoms with Gasteiger partial charge in [0.15, 0.2) is 0 Å². The Morgan fingerprint density at radius 2 is 1.69 bits per heavy atom. The van der Waals surface area contributed by atoms with Gasteiger partial charge in [-0.15, -0.1) is 0 Å². The summed E-state index contributed by atoms with van der Waals surface area (Å²) in [6.07, 6.45) is 2.40. The van der Waals surface area contributed by atoms with Crippen molar-refractivity contribution in [1.82, 2.24) is 10.6 Å². The molecule has 29 heavy (non-hydrogen) atoms. The van der Waals surface area contributed by atoms with E-state index in [0.717, 1.165) is 10.0 Å². The van der Waals surface area contributed by atoms with Crippen LogP contribution in [0, 0.1) is 6.92 Å². The van der Waals surface area contributed by atoms with Crippen molar-refractivity contribution < 1.29 is 19.5 Å². The summed E-state index contributed by atoms with van der Waals surface area (Å²) in [6, 6.07) is 13.1. The molecule has 0 aliphatic rings. The molecule has 2 aromatic rings. The summed E-state index contributed by atoms with van der Waals surface area (Å²) < 4.78 is 0.873. The van der Waals surface area contributed by atoms with E-state index >= 15 is 0 Å². The standard InChI is InChI=1S/C22H23BrN2O4/c1-3-4-18(22(28)29)24-21(27)19(13-15-7-11-17(23)12-8-15)25-20(26)16-9-5-14(2)6-10-16/h5-13,18H,3-4H2,1-2H3,(H,24,27)(H,25,26)(H,28,29)/b19-13+/t18-/m1/s1. The molecular weight excluding hydrogens is 436 g/mol. The lowest BCUT2D eigenvalue weighted by Gasteiger charge is -2.16. The molecule has 0 radical (unpaired) electrons. The fourth-order valence-corrected chi connectivity index (χ4v) is 2.83. The number of halogens is 1. The minimum atomic E-state index is -1.12. The van der Waals surface area contributed by atoms with Crippen LogP contribution in [0.2, 0.25) is 0 Å². The van der Waals surface area contributed by atoms with Gasteiger partial charge in [-0.25, -0.2) is 4.79 Å². The number of carboxylic acid groups (broad SMARTS) is 1. The zero-order valence-electron chi connectivity index (χ0n) is 16.2. The number of carboxylic acids is 1. The number of hydrogen-bond acceptors (Lipinski definition) is 3. The molecule has 2 aromatic carbocycles. The summed E-state index contributed by atoms with van der Waals surface area (Å²) in [5.74, 6) is -2.23. The lowest BCUT2D eigenvalue weighted by Crippen LogP contribution is -2.44. The molecule has 2 rings (SSSR count). The van der Waals surface area contributed by atoms with Crippen LogP contribution < -0.4 is 10.6 Å². The maximum absolute atomic E-state index is 12.8. The van der Waals surface area contributed by atoms with E-state index in [9.17, 15) is 19.5 Å². The molecule has 0 saturated carbocycles. The number of benzene rings is 2. The molecule has 3 N–H and O–H groups in total. The zero-order valence-corrected chi connectivity index (χ0v) is 17.8. The average molecular weight is 459 g/mol. The van der Waals surface area contributed by atoms with Gasteiger partial charge in [0.05, 0.1) is 0 Å². The minimum absolute atomic E-state index is 0.0275. The van der Waals surface area contributed by atoms with Crippen LogP contribution in [0.15, 0.2) is 58.7 Å². The summed E-state index contributed by atoms with van der Waals surface area (Å²) in [7, 11) is 0. The van der Waals surface area contributed by atoms with Crippen molar-refractivity contribution in [3.05, 3.63) is 75.4 Å². The highest BCUT2D eigenvalue weighted by molar-refractivity contribution is 9.10. The fraction of sp³-hybridized carbons (Fsp3) is 0.227. The maximum atomic E-state index is 12.8. The third kappa shape index (κ3) is 6.87. The molecule has 1 atom stereocenters. The molecule has 0 spiro atoms. The molecule has 0 aliphatic carbocycles. The summed E-state index contributed by atoms with van der Waals surface area (Å²) in [4.78, 5) is 36.8. The second-order valence-corrected chi connectivity index (χ2v) is 7.50. The summed E-state index contributed by atoms with van der Waals surface area (Å²) >= 11 is 3.35. The van der Waals surface area contributed by atoms with Crippen molar-refractivity contribution in [3.8, 4) is 0 Å². The number of aliphatic carboxylic acids is 1. The number of carbonyl (C=O) groups excluding carboxylic acids is 2. The van der Waals surface area contributed by atoms with Crippen molar-refractivity contribution >= 4 is 39.8 Å². The molecule has 0 fully saturated rings. The number of nitrogens with one attached hydrogen (secondary N) is 2. The van der Waals surface area contributed by atoms with Gasteiger partial charge in [-0.1, -0.05) is 59.1 Å². The topological polar surface area (TPSA) is 95.5 Å². The first-order chi connectivity index (χ1) is 13.8. The smallest absolute Gasteiger partial charge is 0.326 e. The number of aryl methyl sites for hydroxylation is 1. The van der Waals surface area contributed by atoms with Gasteiger partial charge in [-0.05, 0) is 49.2 Å². The van der Waals surface area contributed by atoms with Crippen molar-refractivity contribution in [3.63, 3.8) is 0 Å². The summed E-state index contributed by atoms with van der Waals surface area (Å²) in [6.45, 7) is 3.74. The van der Waals surface area contributed by atoms with Gasteiger partial charge in [0, 0.05) is 10.0 Å². The molecule has 0 saturated heterocycles. The Bertz CT molecular complexity index is 905. The highest BCUT2D eigenvalue weighted by atomic mass is 79.9. The number of amides is 2. The second-order valence-electron chi connectivity index (χ2n) is 6.58. The van der Waals surface area contributed by atoms with E-state index in [2.05, 4.69) is 26.6 Å². The maximum Gasteiger partial charge on any atom is 0.326 e. The Morgan fingerprint density at radius 3 is 2.24 bits per heavy atom. The van der Waals surface area contributed by atoms with E-state index in [1.807, 2.05) is 13.8 Å². The molecule has 0 bridgehead atoms. The molecule has 152 valence electrons. The Kier molecular flexibility index (Phi) is 8.15. The van der Waals surface area contributed by atoms with Crippen molar-refractivity contribution in [2.24, 2.45) is 0 Å². The highest BCUT2D eigenvalue weighted by Crippen LogP contribution is 2.14. The Balaban J connectivity index is 2.30. The van der Waals surface area contributed by atoms with Gasteiger partial charge in [0.1, 0.15) is 11.7 Å². The van der Waals surface area contributed by atoms with Crippen LogP contribution in [0.4, 0.5) is 0 Å². The molecule has 6 nitrogen and oxygen atoms in total. The summed E-state index contributed by atoms with van der Waals surface area (Å²) in [5.41, 5.74) is 2.06. The molecule has 0 unspecified atom stereocenters. The first-order valence-electron chi connectivity index (χ1n) is 9.19. The quantitative estimate of drug-likeness (QED) is 0.522. The lowest BCUT2D eigenvalue weighted by atomic mass is 10.1. The van der Waals surface area contributed by atoms with E-state index in [1.165, 1.54) is 6.08 Å². The molecule has 0 heterocycles. The summed E-state index contributed by atoms with van der Waals surface area (Å²) in [5, 5.41) is 14.4. The van der Waals surface area contributed by atoms with Gasteiger partial charge in [-0.3, -0.25) is 9.59 Å². The van der Waals surface area contributed by atoms with Crippen LogP contribution in [0.5, 0.6) is 0 Å². The molecular formula is C22H23BrN2O4. The predicted molar refractivity (Wildman–Crippen MR) is 115 cm³/mol. The van der Waals surface area contributed by atoms with Crippen LogP contribution in [0.1, 0.15) is 41.3 Å². The highest BCUT2D eigenvalue weighted by Gasteiger charge is 2.22. The van der Waals surface area contributed by atoms with E-state index in [0.29, 0.717) is 24.0 Å². The third-order valence-corrected chi connectivity index (χ3v) is 4.70. The van der Waals surface area contributed by atoms with E-state index in [4.69, 9.17) is 0 Å². The zero-order chi connectivity index (χ0) is 21.4. The number of hydrogen-bond donors (Lipinski definition) is 3. The van der Waals surface area contributed by atoms with Crippen LogP contribution in [0.3, 0.4) is 0 Å². The molecule has 0 aromatic heterocycles. The lowest BCUT2D eigenvalue weighted by molar-refractivity contribution is -0.141. The van der Waals surface area contributed by atoms with Crippen LogP contribution >= 0.6 is 15.9 Å². The third-order valence-electron chi connectivity index (χ3n) is 4.17. The first-order valence-corrected chi connectivity index (χ1v) is 9.98. The molecule has 2 amide bonds. The SMILES string of the molecule is CCC[C@@H](NC(=O)/C(=C\c1ccc(Br)cc1)NC(=O)c1ccc(C)cc1)C(=O)O. The fourth-order valence-electron chi connectivity index (χ4n) is 2.57. The number of carbonyl (C=O) groups is 3. The van der Waals surface area contributed by atoms with E-state index < -0.39 is 23.8 Å². The van der Waals surface area contributed by atoms with Crippen molar-refractivity contribution in [1.29, 1.82) is 0 Å². The van der Waals surface area contributed by atoms with Crippen molar-refractivity contribution in [2.45, 2.75) is 32.7 Å². The van der Waals surface area contributed by atoms with Gasteiger partial charge in [0.2, 0.25) is 0 Å². The van der Waals surface area contributed by atoms with E-state index in [1.54, 1.807) is 48.5 Å². The predicted octanol–water partition coefficient (Wildman–Crippen LogP) is 3.90. The van der Waals surface area contributed by atoms with Gasteiger partial charge < -0.3 is 15.7 Å². The largest absolute Gasteiger partial charge is 0.480 e. The Morgan fingerprint density at radius 1 is 1.07 bits per heavy atom. The minimum Gasteiger partial charge on any atom is -0.480 e. The normalized spacial score (nSPS) is 12.2. The average Bonchev–Trinajstić information content (AvgIpc) is 2.69. The van der Waals surface area contributed by atoms with E-state index in [-0.39, 0.29) is 5.70 Å².